The maximum atomic E-state index is 12.3. The van der Waals surface area contributed by atoms with Crippen LogP contribution in [0.1, 0.15) is 52.2 Å². The standard InChI is InChI=1S/C19H22N2O2S2/c1-12(13-8-4-3-5-9-13)20-19(24)21-17-16(18(22)23-2)14-10-6-7-11-15(14)25-17/h3-5,8-9,12H,6-7,10-11H2,1-2H3,(H2,20,21,24). The average molecular weight is 375 g/mol. The number of carbonyl (C=O) groups is 1. The quantitative estimate of drug-likeness (QED) is 0.611. The molecule has 1 aliphatic rings. The van der Waals surface area contributed by atoms with Crippen LogP contribution in [0.25, 0.3) is 0 Å². The molecule has 0 amide bonds. The second-order valence-electron chi connectivity index (χ2n) is 6.14. The van der Waals surface area contributed by atoms with E-state index in [1.54, 1.807) is 11.3 Å². The van der Waals surface area contributed by atoms with Crippen LogP contribution in [0.3, 0.4) is 0 Å². The van der Waals surface area contributed by atoms with Crippen molar-refractivity contribution in [2.24, 2.45) is 0 Å². The second kappa shape index (κ2) is 7.97. The lowest BCUT2D eigenvalue weighted by molar-refractivity contribution is 0.0601. The molecule has 0 bridgehead atoms. The highest BCUT2D eigenvalue weighted by atomic mass is 32.1. The number of anilines is 1. The van der Waals surface area contributed by atoms with Gasteiger partial charge in [-0.15, -0.1) is 11.3 Å². The molecule has 0 saturated carbocycles. The summed E-state index contributed by atoms with van der Waals surface area (Å²) < 4.78 is 5.00. The first-order valence-corrected chi connectivity index (χ1v) is 9.68. The molecule has 0 radical (unpaired) electrons. The van der Waals surface area contributed by atoms with Gasteiger partial charge in [0.05, 0.1) is 18.7 Å². The maximum Gasteiger partial charge on any atom is 0.341 e. The Morgan fingerprint density at radius 2 is 1.96 bits per heavy atom. The summed E-state index contributed by atoms with van der Waals surface area (Å²) in [6.07, 6.45) is 4.23. The van der Waals surface area contributed by atoms with Gasteiger partial charge in [-0.2, -0.15) is 0 Å². The SMILES string of the molecule is COC(=O)c1c(NC(=S)NC(C)c2ccccc2)sc2c1CCCC2. The maximum absolute atomic E-state index is 12.3. The Labute approximate surface area is 157 Å². The lowest BCUT2D eigenvalue weighted by Gasteiger charge is -2.17. The number of hydrogen-bond donors (Lipinski definition) is 2. The predicted octanol–water partition coefficient (Wildman–Crippen LogP) is 4.46. The number of aryl methyl sites for hydroxylation is 1. The van der Waals surface area contributed by atoms with Crippen molar-refractivity contribution in [3.63, 3.8) is 0 Å². The smallest absolute Gasteiger partial charge is 0.341 e. The van der Waals surface area contributed by atoms with Gasteiger partial charge in [0.1, 0.15) is 5.00 Å². The van der Waals surface area contributed by atoms with Crippen LogP contribution in [-0.4, -0.2) is 18.2 Å². The van der Waals surface area contributed by atoms with Crippen molar-refractivity contribution in [1.82, 2.24) is 5.32 Å². The summed E-state index contributed by atoms with van der Waals surface area (Å²) >= 11 is 7.09. The van der Waals surface area contributed by atoms with Crippen LogP contribution >= 0.6 is 23.6 Å². The molecule has 0 saturated heterocycles. The molecule has 4 nitrogen and oxygen atoms in total. The molecule has 2 aromatic rings. The fourth-order valence-corrected chi connectivity index (χ4v) is 4.76. The normalized spacial score (nSPS) is 14.3. The molecule has 1 aromatic heterocycles. The lowest BCUT2D eigenvalue weighted by Crippen LogP contribution is -2.31. The van der Waals surface area contributed by atoms with Gasteiger partial charge >= 0.3 is 5.97 Å². The number of rotatable bonds is 4. The van der Waals surface area contributed by atoms with E-state index in [2.05, 4.69) is 29.7 Å². The minimum absolute atomic E-state index is 0.0809. The Morgan fingerprint density at radius 3 is 2.68 bits per heavy atom. The number of hydrogen-bond acceptors (Lipinski definition) is 4. The number of fused-ring (bicyclic) bond motifs is 1. The third kappa shape index (κ3) is 4.02. The van der Waals surface area contributed by atoms with E-state index in [0.717, 1.165) is 35.4 Å². The van der Waals surface area contributed by atoms with Crippen LogP contribution in [0.2, 0.25) is 0 Å². The van der Waals surface area contributed by atoms with Gasteiger partial charge in [0, 0.05) is 4.88 Å². The van der Waals surface area contributed by atoms with Crippen LogP contribution in [-0.2, 0) is 17.6 Å². The number of esters is 1. The average Bonchev–Trinajstić information content (AvgIpc) is 2.99. The molecule has 132 valence electrons. The highest BCUT2D eigenvalue weighted by Gasteiger charge is 2.26. The third-order valence-corrected chi connectivity index (χ3v) is 5.86. The van der Waals surface area contributed by atoms with Gasteiger partial charge in [0.2, 0.25) is 0 Å². The Hall–Kier alpha value is -1.92. The van der Waals surface area contributed by atoms with E-state index in [1.807, 2.05) is 18.2 Å². The fourth-order valence-electron chi connectivity index (χ4n) is 3.13. The summed E-state index contributed by atoms with van der Waals surface area (Å²) in [7, 11) is 1.42. The topological polar surface area (TPSA) is 50.4 Å². The summed E-state index contributed by atoms with van der Waals surface area (Å²) in [4.78, 5) is 13.5. The number of thiophene rings is 1. The van der Waals surface area contributed by atoms with Gasteiger partial charge in [-0.3, -0.25) is 0 Å². The van der Waals surface area contributed by atoms with Crippen molar-refractivity contribution in [2.45, 2.75) is 38.6 Å². The zero-order chi connectivity index (χ0) is 17.8. The molecule has 1 heterocycles. The van der Waals surface area contributed by atoms with E-state index >= 15 is 0 Å². The fraction of sp³-hybridized carbons (Fsp3) is 0.368. The van der Waals surface area contributed by atoms with E-state index in [9.17, 15) is 4.79 Å². The molecule has 6 heteroatoms. The van der Waals surface area contributed by atoms with Crippen LogP contribution in [0, 0.1) is 0 Å². The van der Waals surface area contributed by atoms with Crippen molar-refractivity contribution in [3.05, 3.63) is 51.9 Å². The molecule has 1 aliphatic carbocycles. The highest BCUT2D eigenvalue weighted by Crippen LogP contribution is 2.38. The Balaban J connectivity index is 1.77. The van der Waals surface area contributed by atoms with E-state index in [-0.39, 0.29) is 12.0 Å². The highest BCUT2D eigenvalue weighted by molar-refractivity contribution is 7.80. The molecule has 0 fully saturated rings. The van der Waals surface area contributed by atoms with Crippen LogP contribution < -0.4 is 10.6 Å². The first kappa shape index (κ1) is 17.9. The number of ether oxygens (including phenoxy) is 1. The largest absolute Gasteiger partial charge is 0.465 e. The van der Waals surface area contributed by atoms with Crippen molar-refractivity contribution in [1.29, 1.82) is 0 Å². The first-order valence-electron chi connectivity index (χ1n) is 8.45. The molecular formula is C19H22N2O2S2. The molecule has 1 atom stereocenters. The Kier molecular flexibility index (Phi) is 5.71. The van der Waals surface area contributed by atoms with Gasteiger partial charge < -0.3 is 15.4 Å². The Morgan fingerprint density at radius 1 is 1.24 bits per heavy atom. The Bertz CT molecular complexity index is 771. The summed E-state index contributed by atoms with van der Waals surface area (Å²) in [5.41, 5.74) is 2.94. The van der Waals surface area contributed by atoms with Gasteiger partial charge in [-0.1, -0.05) is 30.3 Å². The monoisotopic (exact) mass is 374 g/mol. The molecule has 2 N–H and O–H groups in total. The van der Waals surface area contributed by atoms with Crippen molar-refractivity contribution >= 4 is 39.6 Å². The minimum Gasteiger partial charge on any atom is -0.465 e. The zero-order valence-corrected chi connectivity index (χ0v) is 16.1. The van der Waals surface area contributed by atoms with Gasteiger partial charge in [0.15, 0.2) is 5.11 Å². The predicted molar refractivity (Wildman–Crippen MR) is 107 cm³/mol. The number of nitrogens with one attached hydrogen (secondary N) is 2. The summed E-state index contributed by atoms with van der Waals surface area (Å²) in [6, 6.07) is 10.2. The van der Waals surface area contributed by atoms with Crippen molar-refractivity contribution < 1.29 is 9.53 Å². The van der Waals surface area contributed by atoms with Gasteiger partial charge in [-0.25, -0.2) is 4.79 Å². The lowest BCUT2D eigenvalue weighted by atomic mass is 9.95. The number of carbonyl (C=O) groups excluding carboxylic acids is 1. The molecule has 25 heavy (non-hydrogen) atoms. The second-order valence-corrected chi connectivity index (χ2v) is 7.65. The molecule has 1 aromatic carbocycles. The van der Waals surface area contributed by atoms with Gasteiger partial charge in [-0.05, 0) is 56.0 Å². The molecule has 3 rings (SSSR count). The molecule has 1 unspecified atom stereocenters. The van der Waals surface area contributed by atoms with Crippen molar-refractivity contribution in [3.8, 4) is 0 Å². The van der Waals surface area contributed by atoms with E-state index in [1.165, 1.54) is 18.4 Å². The number of benzene rings is 1. The van der Waals surface area contributed by atoms with Crippen molar-refractivity contribution in [2.75, 3.05) is 12.4 Å². The third-order valence-electron chi connectivity index (χ3n) is 4.44. The van der Waals surface area contributed by atoms with Crippen LogP contribution in [0.15, 0.2) is 30.3 Å². The van der Waals surface area contributed by atoms with Crippen LogP contribution in [0.5, 0.6) is 0 Å². The molecule has 0 spiro atoms. The first-order chi connectivity index (χ1) is 12.1. The summed E-state index contributed by atoms with van der Waals surface area (Å²) in [5.74, 6) is -0.291. The molecular weight excluding hydrogens is 352 g/mol. The molecule has 0 aliphatic heterocycles. The number of thiocarbonyl (C=S) groups is 1. The van der Waals surface area contributed by atoms with E-state index < -0.39 is 0 Å². The van der Waals surface area contributed by atoms with Crippen LogP contribution in [0.4, 0.5) is 5.00 Å². The van der Waals surface area contributed by atoms with E-state index in [4.69, 9.17) is 17.0 Å². The summed E-state index contributed by atoms with van der Waals surface area (Å²) in [5, 5.41) is 7.81. The number of methoxy groups -OCH3 is 1. The van der Waals surface area contributed by atoms with Gasteiger partial charge in [0.25, 0.3) is 0 Å². The zero-order valence-electron chi connectivity index (χ0n) is 14.4. The minimum atomic E-state index is -0.291. The summed E-state index contributed by atoms with van der Waals surface area (Å²) in [6.45, 7) is 2.06. The van der Waals surface area contributed by atoms with E-state index in [0.29, 0.717) is 10.7 Å².